The number of aromatic nitrogens is 1. The highest BCUT2D eigenvalue weighted by Crippen LogP contribution is 2.21. The maximum atomic E-state index is 12.5. The van der Waals surface area contributed by atoms with Gasteiger partial charge in [-0.15, -0.1) is 0 Å². The Kier molecular flexibility index (Phi) is 5.20. The number of hydrogen-bond donors (Lipinski definition) is 2. The van der Waals surface area contributed by atoms with Gasteiger partial charge < -0.3 is 15.5 Å². The molecule has 0 saturated carbocycles. The number of nitrogens with two attached hydrogens (primary N) is 1. The van der Waals surface area contributed by atoms with Crippen molar-refractivity contribution in [1.82, 2.24) is 9.88 Å². The van der Waals surface area contributed by atoms with E-state index in [4.69, 9.17) is 10.5 Å². The molecule has 0 radical (unpaired) electrons. The van der Waals surface area contributed by atoms with Gasteiger partial charge in [0.25, 0.3) is 0 Å². The molecule has 0 aromatic carbocycles. The van der Waals surface area contributed by atoms with Crippen LogP contribution < -0.4 is 5.73 Å². The zero-order chi connectivity index (χ0) is 17.1. The highest BCUT2D eigenvalue weighted by molar-refractivity contribution is 6.02. The van der Waals surface area contributed by atoms with Gasteiger partial charge in [0, 0.05) is 11.6 Å². The minimum Gasteiger partial charge on any atom is -0.465 e. The Morgan fingerprint density at radius 2 is 1.87 bits per heavy atom. The molecule has 0 bridgehead atoms. The van der Waals surface area contributed by atoms with E-state index < -0.39 is 5.97 Å². The fraction of sp³-hybridized carbons (Fsp3) is 0.562. The summed E-state index contributed by atoms with van der Waals surface area (Å²) in [6.07, 6.45) is 1.36. The van der Waals surface area contributed by atoms with Crippen LogP contribution in [0, 0.1) is 19.8 Å². The zero-order valence-corrected chi connectivity index (χ0v) is 13.8. The largest absolute Gasteiger partial charge is 0.465 e. The summed E-state index contributed by atoms with van der Waals surface area (Å²) in [4.78, 5) is 40.5. The van der Waals surface area contributed by atoms with Gasteiger partial charge >= 0.3 is 5.97 Å². The summed E-state index contributed by atoms with van der Waals surface area (Å²) < 4.78 is 4.75. The van der Waals surface area contributed by atoms with Gasteiger partial charge in [-0.2, -0.15) is 0 Å². The Balaban J connectivity index is 2.05. The number of amides is 1. The molecular weight excluding hydrogens is 298 g/mol. The van der Waals surface area contributed by atoms with Gasteiger partial charge in [0.05, 0.1) is 24.9 Å². The van der Waals surface area contributed by atoms with Crippen molar-refractivity contribution in [2.24, 2.45) is 11.7 Å². The molecule has 2 heterocycles. The summed E-state index contributed by atoms with van der Waals surface area (Å²) >= 11 is 0. The summed E-state index contributed by atoms with van der Waals surface area (Å²) in [5.74, 6) is -0.882. The Morgan fingerprint density at radius 3 is 2.39 bits per heavy atom. The van der Waals surface area contributed by atoms with Gasteiger partial charge in [-0.1, -0.05) is 0 Å². The summed E-state index contributed by atoms with van der Waals surface area (Å²) in [6.45, 7) is 5.08. The number of aryl methyl sites for hydroxylation is 1. The summed E-state index contributed by atoms with van der Waals surface area (Å²) in [7, 11) is 1.32. The van der Waals surface area contributed by atoms with Crippen LogP contribution in [0.3, 0.4) is 0 Å². The minimum atomic E-state index is -0.447. The average Bonchev–Trinajstić information content (AvgIpc) is 2.82. The number of carbonyl (C=O) groups excluding carboxylic acids is 3. The standard InChI is InChI=1S/C16H23N3O4/c1-9-13(16(22)23-3)10(2)18-14(9)12(20)8-19-6-4-11(5-7-19)15(17)21/h11,18H,4-8H2,1-3H3,(H2,17,21). The lowest BCUT2D eigenvalue weighted by molar-refractivity contribution is -0.123. The van der Waals surface area contributed by atoms with Gasteiger partial charge in [-0.05, 0) is 45.3 Å². The number of methoxy groups -OCH3 is 1. The lowest BCUT2D eigenvalue weighted by atomic mass is 9.96. The van der Waals surface area contributed by atoms with E-state index >= 15 is 0 Å². The molecule has 0 unspecified atom stereocenters. The minimum absolute atomic E-state index is 0.0710. The van der Waals surface area contributed by atoms with Gasteiger partial charge in [-0.3, -0.25) is 14.5 Å². The number of nitrogens with zero attached hydrogens (tertiary/aromatic N) is 1. The molecule has 1 aromatic rings. The predicted octanol–water partition coefficient (Wildman–Crippen LogP) is 0.798. The number of ketones is 1. The van der Waals surface area contributed by atoms with Gasteiger partial charge in [0.15, 0.2) is 5.78 Å². The van der Waals surface area contributed by atoms with E-state index in [0.717, 1.165) is 0 Å². The van der Waals surface area contributed by atoms with Crippen molar-refractivity contribution in [3.8, 4) is 0 Å². The second-order valence-corrected chi connectivity index (χ2v) is 5.99. The predicted molar refractivity (Wildman–Crippen MR) is 84.3 cm³/mol. The molecular formula is C16H23N3O4. The van der Waals surface area contributed by atoms with E-state index in [0.29, 0.717) is 48.4 Å². The van der Waals surface area contributed by atoms with Crippen molar-refractivity contribution in [3.63, 3.8) is 0 Å². The van der Waals surface area contributed by atoms with E-state index in [-0.39, 0.29) is 24.2 Å². The van der Waals surface area contributed by atoms with E-state index in [1.807, 2.05) is 4.90 Å². The molecule has 1 aromatic heterocycles. The first-order chi connectivity index (χ1) is 10.8. The molecule has 1 aliphatic heterocycles. The van der Waals surface area contributed by atoms with Crippen LogP contribution in [-0.4, -0.2) is 54.3 Å². The third-order valence-corrected chi connectivity index (χ3v) is 4.46. The first kappa shape index (κ1) is 17.2. The molecule has 2 rings (SSSR count). The fourth-order valence-corrected chi connectivity index (χ4v) is 3.09. The van der Waals surface area contributed by atoms with Crippen LogP contribution in [0.25, 0.3) is 0 Å². The molecule has 0 aliphatic carbocycles. The molecule has 0 atom stereocenters. The molecule has 7 nitrogen and oxygen atoms in total. The van der Waals surface area contributed by atoms with Gasteiger partial charge in [-0.25, -0.2) is 4.79 Å². The molecule has 1 amide bonds. The molecule has 23 heavy (non-hydrogen) atoms. The number of carbonyl (C=O) groups is 3. The number of Topliss-reactive ketones (excluding diaryl/α,β-unsaturated/α-hetero) is 1. The summed E-state index contributed by atoms with van der Waals surface area (Å²) in [5.41, 5.74) is 7.42. The molecule has 0 spiro atoms. The van der Waals surface area contributed by atoms with Gasteiger partial charge in [0.1, 0.15) is 0 Å². The molecule has 1 aliphatic rings. The van der Waals surface area contributed by atoms with Crippen molar-refractivity contribution in [2.75, 3.05) is 26.7 Å². The molecule has 1 saturated heterocycles. The topological polar surface area (TPSA) is 105 Å². The second kappa shape index (κ2) is 6.95. The van der Waals surface area contributed by atoms with Crippen molar-refractivity contribution in [1.29, 1.82) is 0 Å². The van der Waals surface area contributed by atoms with Crippen LogP contribution in [0.15, 0.2) is 0 Å². The SMILES string of the molecule is COC(=O)c1c(C)[nH]c(C(=O)CN2CCC(C(N)=O)CC2)c1C. The monoisotopic (exact) mass is 321 g/mol. The second-order valence-electron chi connectivity index (χ2n) is 5.99. The summed E-state index contributed by atoms with van der Waals surface area (Å²) in [5, 5.41) is 0. The Labute approximate surface area is 135 Å². The Hall–Kier alpha value is -2.15. The van der Waals surface area contributed by atoms with Crippen LogP contribution in [0.1, 0.15) is 44.9 Å². The number of H-pyrrole nitrogens is 1. The third kappa shape index (κ3) is 3.61. The van der Waals surface area contributed by atoms with Gasteiger partial charge in [0.2, 0.25) is 5.91 Å². The highest BCUT2D eigenvalue weighted by atomic mass is 16.5. The van der Waals surface area contributed by atoms with Crippen LogP contribution in [0.4, 0.5) is 0 Å². The fourth-order valence-electron chi connectivity index (χ4n) is 3.09. The number of rotatable bonds is 5. The number of ether oxygens (including phenoxy) is 1. The molecule has 3 N–H and O–H groups in total. The Bertz CT molecular complexity index is 628. The number of piperidine rings is 1. The van der Waals surface area contributed by atoms with E-state index in [2.05, 4.69) is 4.98 Å². The van der Waals surface area contributed by atoms with Crippen molar-refractivity contribution < 1.29 is 19.1 Å². The third-order valence-electron chi connectivity index (χ3n) is 4.46. The highest BCUT2D eigenvalue weighted by Gasteiger charge is 2.27. The maximum Gasteiger partial charge on any atom is 0.339 e. The zero-order valence-electron chi connectivity index (χ0n) is 13.8. The lowest BCUT2D eigenvalue weighted by Gasteiger charge is -2.29. The molecule has 7 heteroatoms. The van der Waals surface area contributed by atoms with Crippen LogP contribution >= 0.6 is 0 Å². The van der Waals surface area contributed by atoms with Crippen molar-refractivity contribution in [2.45, 2.75) is 26.7 Å². The van der Waals surface area contributed by atoms with Crippen LogP contribution in [0.5, 0.6) is 0 Å². The van der Waals surface area contributed by atoms with Crippen molar-refractivity contribution in [3.05, 3.63) is 22.5 Å². The number of aromatic amines is 1. The molecule has 126 valence electrons. The van der Waals surface area contributed by atoms with E-state index in [1.54, 1.807) is 13.8 Å². The first-order valence-electron chi connectivity index (χ1n) is 7.67. The smallest absolute Gasteiger partial charge is 0.339 e. The maximum absolute atomic E-state index is 12.5. The molecule has 1 fully saturated rings. The van der Waals surface area contributed by atoms with Crippen LogP contribution in [-0.2, 0) is 9.53 Å². The number of likely N-dealkylation sites (tertiary alicyclic amines) is 1. The average molecular weight is 321 g/mol. The van der Waals surface area contributed by atoms with Crippen molar-refractivity contribution >= 4 is 17.7 Å². The first-order valence-corrected chi connectivity index (χ1v) is 7.67. The number of esters is 1. The van der Waals surface area contributed by atoms with E-state index in [9.17, 15) is 14.4 Å². The normalized spacial score (nSPS) is 16.3. The number of hydrogen-bond acceptors (Lipinski definition) is 5. The van der Waals surface area contributed by atoms with E-state index in [1.165, 1.54) is 7.11 Å². The quantitative estimate of drug-likeness (QED) is 0.616. The number of primary amides is 1. The van der Waals surface area contributed by atoms with Crippen LogP contribution in [0.2, 0.25) is 0 Å². The lowest BCUT2D eigenvalue weighted by Crippen LogP contribution is -2.41. The summed E-state index contributed by atoms with van der Waals surface area (Å²) in [6, 6.07) is 0. The number of nitrogens with one attached hydrogen (secondary N) is 1. The Morgan fingerprint density at radius 1 is 1.26 bits per heavy atom.